The van der Waals surface area contributed by atoms with Crippen LogP contribution in [-0.2, 0) is 0 Å². The van der Waals surface area contributed by atoms with Crippen molar-refractivity contribution in [3.63, 3.8) is 0 Å². The first-order valence-electron chi connectivity index (χ1n) is 6.69. The van der Waals surface area contributed by atoms with E-state index in [-0.39, 0.29) is 5.41 Å². The third-order valence-electron chi connectivity index (χ3n) is 5.26. The average Bonchev–Trinajstić information content (AvgIpc) is 2.70. The Bertz CT molecular complexity index is 556. The van der Waals surface area contributed by atoms with Crippen LogP contribution in [0.4, 0.5) is 0 Å². The van der Waals surface area contributed by atoms with Crippen LogP contribution in [0.25, 0.3) is 0 Å². The van der Waals surface area contributed by atoms with Gasteiger partial charge in [0.1, 0.15) is 5.69 Å². The van der Waals surface area contributed by atoms with E-state index >= 15 is 0 Å². The summed E-state index contributed by atoms with van der Waals surface area (Å²) in [4.78, 5) is 4.26. The topological polar surface area (TPSA) is 12.9 Å². The molecular formula is C17H19N. The molecule has 92 valence electrons. The highest BCUT2D eigenvalue weighted by molar-refractivity contribution is 5.46. The fourth-order valence-electron chi connectivity index (χ4n) is 3.44. The molecule has 0 aliphatic heterocycles. The van der Waals surface area contributed by atoms with E-state index in [0.717, 1.165) is 5.69 Å². The van der Waals surface area contributed by atoms with Crippen molar-refractivity contribution in [2.24, 2.45) is 16.7 Å². The first kappa shape index (κ1) is 11.5. The maximum Gasteiger partial charge on any atom is 0.113 e. The highest BCUT2D eigenvalue weighted by Crippen LogP contribution is 2.64. The summed E-state index contributed by atoms with van der Waals surface area (Å²) in [5, 5.41) is 0. The van der Waals surface area contributed by atoms with E-state index in [9.17, 15) is 0 Å². The molecule has 1 unspecified atom stereocenters. The van der Waals surface area contributed by atoms with Crippen LogP contribution >= 0.6 is 0 Å². The Balaban J connectivity index is 1.93. The predicted octanol–water partition coefficient (Wildman–Crippen LogP) is 3.82. The zero-order valence-electron chi connectivity index (χ0n) is 11.3. The second kappa shape index (κ2) is 3.72. The molecule has 2 bridgehead atoms. The summed E-state index contributed by atoms with van der Waals surface area (Å²) >= 11 is 0. The van der Waals surface area contributed by atoms with Gasteiger partial charge in [-0.3, -0.25) is 0 Å². The minimum Gasteiger partial charge on any atom is -0.248 e. The normalized spacial score (nSPS) is 31.7. The summed E-state index contributed by atoms with van der Waals surface area (Å²) in [7, 11) is 0. The van der Waals surface area contributed by atoms with Gasteiger partial charge in [-0.05, 0) is 42.2 Å². The SMILES string of the molecule is CC1(C)C2C=C(C#Cc3ccccn3)[C@]1(C)CC2. The van der Waals surface area contributed by atoms with Crippen molar-refractivity contribution in [2.75, 3.05) is 0 Å². The molecule has 1 aromatic rings. The Labute approximate surface area is 109 Å². The predicted molar refractivity (Wildman–Crippen MR) is 73.8 cm³/mol. The van der Waals surface area contributed by atoms with E-state index in [1.165, 1.54) is 18.4 Å². The summed E-state index contributed by atoms with van der Waals surface area (Å²) in [5.41, 5.74) is 2.82. The smallest absolute Gasteiger partial charge is 0.113 e. The van der Waals surface area contributed by atoms with Crippen LogP contribution in [-0.4, -0.2) is 4.98 Å². The van der Waals surface area contributed by atoms with Gasteiger partial charge in [-0.15, -0.1) is 0 Å². The highest BCUT2D eigenvalue weighted by Gasteiger charge is 2.56. The van der Waals surface area contributed by atoms with Gasteiger partial charge in [0.25, 0.3) is 0 Å². The van der Waals surface area contributed by atoms with Crippen molar-refractivity contribution in [3.05, 3.63) is 41.7 Å². The molecule has 0 aromatic carbocycles. The number of nitrogens with zero attached hydrogens (tertiary/aromatic N) is 1. The fourth-order valence-corrected chi connectivity index (χ4v) is 3.44. The van der Waals surface area contributed by atoms with Gasteiger partial charge in [0.05, 0.1) is 0 Å². The number of aromatic nitrogens is 1. The number of pyridine rings is 1. The summed E-state index contributed by atoms with van der Waals surface area (Å²) in [6.45, 7) is 7.15. The van der Waals surface area contributed by atoms with E-state index in [2.05, 4.69) is 43.7 Å². The van der Waals surface area contributed by atoms with E-state index in [4.69, 9.17) is 0 Å². The molecule has 2 atom stereocenters. The molecule has 0 N–H and O–H groups in total. The molecule has 1 nitrogen and oxygen atoms in total. The molecule has 1 heterocycles. The lowest BCUT2D eigenvalue weighted by Crippen LogP contribution is -2.29. The maximum absolute atomic E-state index is 4.26. The molecule has 0 spiro atoms. The van der Waals surface area contributed by atoms with Crippen LogP contribution in [0.2, 0.25) is 0 Å². The summed E-state index contributed by atoms with van der Waals surface area (Å²) in [5.74, 6) is 7.28. The third kappa shape index (κ3) is 1.45. The van der Waals surface area contributed by atoms with Crippen molar-refractivity contribution in [1.82, 2.24) is 4.98 Å². The number of fused-ring (bicyclic) bond motifs is 2. The van der Waals surface area contributed by atoms with Crippen molar-refractivity contribution < 1.29 is 0 Å². The van der Waals surface area contributed by atoms with Gasteiger partial charge in [-0.25, -0.2) is 4.98 Å². The molecular weight excluding hydrogens is 218 g/mol. The molecule has 0 saturated heterocycles. The Morgan fingerprint density at radius 1 is 1.22 bits per heavy atom. The molecule has 1 aromatic heterocycles. The second-order valence-corrected chi connectivity index (χ2v) is 6.24. The minimum atomic E-state index is 0.263. The van der Waals surface area contributed by atoms with Crippen LogP contribution in [0.3, 0.4) is 0 Å². The standard InChI is InChI=1S/C17H19N/c1-16(2)13-9-10-17(16,3)14(12-13)7-8-15-6-4-5-11-18-15/h4-6,11-13H,9-10H2,1-3H3/t13?,17-/m0/s1. The Kier molecular flexibility index (Phi) is 2.38. The Morgan fingerprint density at radius 2 is 2.06 bits per heavy atom. The average molecular weight is 237 g/mol. The minimum absolute atomic E-state index is 0.263. The number of hydrogen-bond acceptors (Lipinski definition) is 1. The van der Waals surface area contributed by atoms with Gasteiger partial charge in [0, 0.05) is 17.2 Å². The van der Waals surface area contributed by atoms with Crippen LogP contribution in [0, 0.1) is 28.6 Å². The second-order valence-electron chi connectivity index (χ2n) is 6.24. The molecule has 1 heteroatoms. The first-order valence-corrected chi connectivity index (χ1v) is 6.69. The van der Waals surface area contributed by atoms with E-state index in [1.54, 1.807) is 6.20 Å². The Morgan fingerprint density at radius 3 is 2.61 bits per heavy atom. The lowest BCUT2D eigenvalue weighted by Gasteiger charge is -2.35. The van der Waals surface area contributed by atoms with Crippen molar-refractivity contribution >= 4 is 0 Å². The van der Waals surface area contributed by atoms with Gasteiger partial charge < -0.3 is 0 Å². The fraction of sp³-hybridized carbons (Fsp3) is 0.471. The molecule has 2 aliphatic rings. The van der Waals surface area contributed by atoms with Crippen molar-refractivity contribution in [1.29, 1.82) is 0 Å². The molecule has 1 saturated carbocycles. The van der Waals surface area contributed by atoms with Crippen LogP contribution < -0.4 is 0 Å². The number of hydrogen-bond donors (Lipinski definition) is 0. The zero-order chi connectivity index (χ0) is 12.8. The number of rotatable bonds is 0. The Hall–Kier alpha value is -1.55. The van der Waals surface area contributed by atoms with Gasteiger partial charge >= 0.3 is 0 Å². The summed E-state index contributed by atoms with van der Waals surface area (Å²) in [6, 6.07) is 5.87. The van der Waals surface area contributed by atoms with Gasteiger partial charge in [0.15, 0.2) is 0 Å². The van der Waals surface area contributed by atoms with E-state index < -0.39 is 0 Å². The van der Waals surface area contributed by atoms with E-state index in [1.807, 2.05) is 18.2 Å². The van der Waals surface area contributed by atoms with Crippen molar-refractivity contribution in [2.45, 2.75) is 33.6 Å². The van der Waals surface area contributed by atoms with E-state index in [0.29, 0.717) is 11.3 Å². The molecule has 18 heavy (non-hydrogen) atoms. The van der Waals surface area contributed by atoms with Crippen LogP contribution in [0.1, 0.15) is 39.3 Å². The van der Waals surface area contributed by atoms with Crippen molar-refractivity contribution in [3.8, 4) is 11.8 Å². The first-order chi connectivity index (χ1) is 8.54. The molecule has 0 amide bonds. The third-order valence-corrected chi connectivity index (χ3v) is 5.26. The van der Waals surface area contributed by atoms with Gasteiger partial charge in [-0.1, -0.05) is 38.8 Å². The molecule has 0 radical (unpaired) electrons. The molecule has 2 aliphatic carbocycles. The quantitative estimate of drug-likeness (QED) is 0.625. The highest BCUT2D eigenvalue weighted by atomic mass is 14.6. The van der Waals surface area contributed by atoms with Crippen LogP contribution in [0.5, 0.6) is 0 Å². The monoisotopic (exact) mass is 237 g/mol. The lowest BCUT2D eigenvalue weighted by molar-refractivity contribution is 0.175. The van der Waals surface area contributed by atoms with Gasteiger partial charge in [-0.2, -0.15) is 0 Å². The molecule has 3 rings (SSSR count). The number of allylic oxidation sites excluding steroid dienone is 2. The largest absolute Gasteiger partial charge is 0.248 e. The molecule has 1 fully saturated rings. The maximum atomic E-state index is 4.26. The zero-order valence-corrected chi connectivity index (χ0v) is 11.3. The lowest BCUT2D eigenvalue weighted by atomic mass is 9.67. The van der Waals surface area contributed by atoms with Gasteiger partial charge in [0.2, 0.25) is 0 Å². The summed E-state index contributed by atoms with van der Waals surface area (Å²) < 4.78 is 0. The summed E-state index contributed by atoms with van der Waals surface area (Å²) in [6.07, 6.45) is 6.79. The van der Waals surface area contributed by atoms with Crippen LogP contribution in [0.15, 0.2) is 36.0 Å².